The Bertz CT molecular complexity index is 731. The lowest BCUT2D eigenvalue weighted by Gasteiger charge is -2.29. The van der Waals surface area contributed by atoms with E-state index in [-0.39, 0.29) is 6.03 Å². The van der Waals surface area contributed by atoms with Crippen LogP contribution in [-0.2, 0) is 19.4 Å². The van der Waals surface area contributed by atoms with Crippen LogP contribution in [0.4, 0.5) is 4.79 Å². The molecular weight excluding hydrogens is 316 g/mol. The highest BCUT2D eigenvalue weighted by atomic mass is 16.5. The predicted molar refractivity (Wildman–Crippen MR) is 97.2 cm³/mol. The molecule has 25 heavy (non-hydrogen) atoms. The molecule has 0 aromatic heterocycles. The van der Waals surface area contributed by atoms with Crippen LogP contribution in [0.5, 0.6) is 11.5 Å². The lowest BCUT2D eigenvalue weighted by Crippen LogP contribution is -2.43. The molecule has 0 aliphatic carbocycles. The fourth-order valence-corrected chi connectivity index (χ4v) is 3.13. The summed E-state index contributed by atoms with van der Waals surface area (Å²) in [5.74, 6) is 1.44. The van der Waals surface area contributed by atoms with E-state index in [1.54, 1.807) is 14.2 Å². The largest absolute Gasteiger partial charge is 0.493 e. The summed E-state index contributed by atoms with van der Waals surface area (Å²) in [5.41, 5.74) is 3.55. The van der Waals surface area contributed by atoms with Gasteiger partial charge in [0.2, 0.25) is 0 Å². The highest BCUT2D eigenvalue weighted by Gasteiger charge is 2.22. The van der Waals surface area contributed by atoms with Crippen molar-refractivity contribution in [1.29, 1.82) is 0 Å². The Labute approximate surface area is 148 Å². The molecule has 2 aromatic carbocycles. The van der Waals surface area contributed by atoms with Gasteiger partial charge in [0.1, 0.15) is 0 Å². The topological polar surface area (TPSA) is 50.8 Å². The Kier molecular flexibility index (Phi) is 5.43. The van der Waals surface area contributed by atoms with Crippen molar-refractivity contribution in [3.63, 3.8) is 0 Å². The number of benzene rings is 2. The molecule has 2 aromatic rings. The van der Waals surface area contributed by atoms with E-state index in [1.807, 2.05) is 35.2 Å². The van der Waals surface area contributed by atoms with Crippen molar-refractivity contribution in [3.8, 4) is 11.5 Å². The molecule has 1 heterocycles. The molecule has 132 valence electrons. The maximum absolute atomic E-state index is 12.4. The van der Waals surface area contributed by atoms with Crippen molar-refractivity contribution in [2.75, 3.05) is 27.3 Å². The monoisotopic (exact) mass is 340 g/mol. The summed E-state index contributed by atoms with van der Waals surface area (Å²) < 4.78 is 10.7. The Hall–Kier alpha value is -2.69. The molecule has 0 atom stereocenters. The summed E-state index contributed by atoms with van der Waals surface area (Å²) in [6.07, 6.45) is 1.66. The molecule has 0 saturated carbocycles. The fraction of sp³-hybridized carbons (Fsp3) is 0.350. The van der Waals surface area contributed by atoms with Crippen LogP contribution in [0.25, 0.3) is 0 Å². The third-order valence-corrected chi connectivity index (χ3v) is 4.54. The van der Waals surface area contributed by atoms with Gasteiger partial charge in [-0.1, -0.05) is 30.3 Å². The third-order valence-electron chi connectivity index (χ3n) is 4.54. The number of carbonyl (C=O) groups excluding carboxylic acids is 1. The molecule has 0 bridgehead atoms. The second-order valence-electron chi connectivity index (χ2n) is 6.11. The summed E-state index contributed by atoms with van der Waals surface area (Å²) in [6, 6.07) is 14.1. The lowest BCUT2D eigenvalue weighted by molar-refractivity contribution is 0.192. The summed E-state index contributed by atoms with van der Waals surface area (Å²) in [7, 11) is 3.26. The SMILES string of the molecule is COc1cc2c(cc1OC)CN(C(=O)NCCc1ccccc1)CC2. The highest BCUT2D eigenvalue weighted by Crippen LogP contribution is 2.33. The summed E-state index contributed by atoms with van der Waals surface area (Å²) in [4.78, 5) is 14.3. The Morgan fingerprint density at radius 3 is 2.44 bits per heavy atom. The third kappa shape index (κ3) is 4.05. The van der Waals surface area contributed by atoms with E-state index in [0.29, 0.717) is 25.4 Å². The van der Waals surface area contributed by atoms with Gasteiger partial charge in [0.15, 0.2) is 11.5 Å². The zero-order valence-corrected chi connectivity index (χ0v) is 14.7. The summed E-state index contributed by atoms with van der Waals surface area (Å²) in [5, 5.41) is 3.01. The predicted octanol–water partition coefficient (Wildman–Crippen LogP) is 3.01. The maximum atomic E-state index is 12.4. The van der Waals surface area contributed by atoms with Crippen molar-refractivity contribution in [2.24, 2.45) is 0 Å². The number of ether oxygens (including phenoxy) is 2. The standard InChI is InChI=1S/C20H24N2O3/c1-24-18-12-16-9-11-22(14-17(16)13-19(18)25-2)20(23)21-10-8-15-6-4-3-5-7-15/h3-7,12-13H,8-11,14H2,1-2H3,(H,21,23). The minimum atomic E-state index is -0.0173. The molecule has 0 radical (unpaired) electrons. The first kappa shape index (κ1) is 17.1. The van der Waals surface area contributed by atoms with Gasteiger partial charge in [0.25, 0.3) is 0 Å². The lowest BCUT2D eigenvalue weighted by atomic mass is 9.99. The highest BCUT2D eigenvalue weighted by molar-refractivity contribution is 5.74. The van der Waals surface area contributed by atoms with Crippen LogP contribution in [0.15, 0.2) is 42.5 Å². The van der Waals surface area contributed by atoms with Crippen LogP contribution >= 0.6 is 0 Å². The van der Waals surface area contributed by atoms with E-state index in [0.717, 1.165) is 24.2 Å². The summed E-state index contributed by atoms with van der Waals surface area (Å²) in [6.45, 7) is 1.94. The maximum Gasteiger partial charge on any atom is 0.317 e. The number of fused-ring (bicyclic) bond motifs is 1. The minimum Gasteiger partial charge on any atom is -0.493 e. The van der Waals surface area contributed by atoms with Crippen molar-refractivity contribution >= 4 is 6.03 Å². The quantitative estimate of drug-likeness (QED) is 0.910. The number of methoxy groups -OCH3 is 2. The van der Waals surface area contributed by atoms with Crippen LogP contribution in [0.2, 0.25) is 0 Å². The van der Waals surface area contributed by atoms with Crippen LogP contribution in [0.3, 0.4) is 0 Å². The fourth-order valence-electron chi connectivity index (χ4n) is 3.13. The smallest absolute Gasteiger partial charge is 0.317 e. The second-order valence-corrected chi connectivity index (χ2v) is 6.11. The van der Waals surface area contributed by atoms with E-state index >= 15 is 0 Å². The van der Waals surface area contributed by atoms with Crippen LogP contribution in [0.1, 0.15) is 16.7 Å². The van der Waals surface area contributed by atoms with Gasteiger partial charge in [0, 0.05) is 19.6 Å². The molecule has 0 spiro atoms. The van der Waals surface area contributed by atoms with Crippen LogP contribution in [-0.4, -0.2) is 38.2 Å². The van der Waals surface area contributed by atoms with Crippen molar-refractivity contribution in [3.05, 3.63) is 59.2 Å². The number of amides is 2. The average Bonchev–Trinajstić information content (AvgIpc) is 2.67. The van der Waals surface area contributed by atoms with Gasteiger partial charge in [-0.05, 0) is 41.7 Å². The van der Waals surface area contributed by atoms with Gasteiger partial charge in [-0.25, -0.2) is 4.79 Å². The molecule has 1 aliphatic heterocycles. The van der Waals surface area contributed by atoms with Crippen molar-refractivity contribution in [1.82, 2.24) is 10.2 Å². The summed E-state index contributed by atoms with van der Waals surface area (Å²) >= 11 is 0. The van der Waals surface area contributed by atoms with E-state index in [4.69, 9.17) is 9.47 Å². The van der Waals surface area contributed by atoms with Gasteiger partial charge in [-0.15, -0.1) is 0 Å². The van der Waals surface area contributed by atoms with E-state index in [9.17, 15) is 4.79 Å². The number of nitrogens with one attached hydrogen (secondary N) is 1. The van der Waals surface area contributed by atoms with Gasteiger partial charge in [0.05, 0.1) is 14.2 Å². The van der Waals surface area contributed by atoms with Crippen LogP contribution in [0, 0.1) is 0 Å². The number of urea groups is 1. The van der Waals surface area contributed by atoms with E-state index in [1.165, 1.54) is 11.1 Å². The van der Waals surface area contributed by atoms with Gasteiger partial charge in [-0.3, -0.25) is 0 Å². The first-order chi connectivity index (χ1) is 12.2. The van der Waals surface area contributed by atoms with Crippen LogP contribution < -0.4 is 14.8 Å². The minimum absolute atomic E-state index is 0.0173. The number of nitrogens with zero attached hydrogens (tertiary/aromatic N) is 1. The van der Waals surface area contributed by atoms with Gasteiger partial charge >= 0.3 is 6.03 Å². The molecule has 0 fully saturated rings. The number of rotatable bonds is 5. The van der Waals surface area contributed by atoms with Gasteiger partial charge < -0.3 is 19.7 Å². The molecule has 0 unspecified atom stereocenters. The molecule has 3 rings (SSSR count). The Morgan fingerprint density at radius 1 is 1.08 bits per heavy atom. The molecule has 2 amide bonds. The van der Waals surface area contributed by atoms with Crippen molar-refractivity contribution < 1.29 is 14.3 Å². The zero-order chi connectivity index (χ0) is 17.6. The second kappa shape index (κ2) is 7.92. The molecule has 5 heteroatoms. The van der Waals surface area contributed by atoms with Crippen molar-refractivity contribution in [2.45, 2.75) is 19.4 Å². The Balaban J connectivity index is 1.59. The molecule has 1 aliphatic rings. The molecule has 0 saturated heterocycles. The number of hydrogen-bond donors (Lipinski definition) is 1. The average molecular weight is 340 g/mol. The molecule has 5 nitrogen and oxygen atoms in total. The first-order valence-corrected chi connectivity index (χ1v) is 8.51. The Morgan fingerprint density at radius 2 is 1.76 bits per heavy atom. The van der Waals surface area contributed by atoms with Gasteiger partial charge in [-0.2, -0.15) is 0 Å². The first-order valence-electron chi connectivity index (χ1n) is 8.51. The molecule has 1 N–H and O–H groups in total. The number of carbonyl (C=O) groups is 1. The zero-order valence-electron chi connectivity index (χ0n) is 14.7. The normalized spacial score (nSPS) is 13.1. The number of hydrogen-bond acceptors (Lipinski definition) is 3. The molecular formula is C20H24N2O3. The van der Waals surface area contributed by atoms with E-state index in [2.05, 4.69) is 17.4 Å². The van der Waals surface area contributed by atoms with E-state index < -0.39 is 0 Å².